The highest BCUT2D eigenvalue weighted by Gasteiger charge is 2.21. The minimum atomic E-state index is -3.47. The first kappa shape index (κ1) is 17.1. The van der Waals surface area contributed by atoms with E-state index in [1.807, 2.05) is 6.07 Å². The minimum Gasteiger partial charge on any atom is -0.321 e. The third kappa shape index (κ3) is 3.68. The van der Waals surface area contributed by atoms with Gasteiger partial charge in [0.05, 0.1) is 10.6 Å². The minimum absolute atomic E-state index is 0.126. The van der Waals surface area contributed by atoms with Gasteiger partial charge >= 0.3 is 0 Å². The number of rotatable bonds is 3. The number of pyridine rings is 1. The number of carbonyl (C=O) groups is 1. The van der Waals surface area contributed by atoms with E-state index in [0.717, 1.165) is 5.41 Å². The molecule has 1 aliphatic rings. The molecule has 1 aromatic heterocycles. The Balaban J connectivity index is 1.86. The largest absolute Gasteiger partial charge is 0.321 e. The molecule has 0 fully saturated rings. The van der Waals surface area contributed by atoms with Gasteiger partial charge < -0.3 is 5.32 Å². The molecule has 3 rings (SSSR count). The number of halogens is 1. The van der Waals surface area contributed by atoms with Crippen LogP contribution in [0.1, 0.15) is 11.3 Å². The van der Waals surface area contributed by atoms with Crippen LogP contribution in [0.15, 0.2) is 56.9 Å². The molecule has 6 nitrogen and oxygen atoms in total. The molecule has 0 unspecified atom stereocenters. The second-order valence-corrected chi connectivity index (χ2v) is 7.72. The van der Waals surface area contributed by atoms with Crippen LogP contribution < -0.4 is 5.32 Å². The maximum Gasteiger partial charge on any atom is 0.266 e. The van der Waals surface area contributed by atoms with E-state index in [0.29, 0.717) is 21.5 Å². The molecule has 0 aliphatic carbocycles. The molecule has 1 aromatic carbocycles. The first-order chi connectivity index (χ1) is 11.9. The highest BCUT2D eigenvalue weighted by molar-refractivity contribution is 9.10. The van der Waals surface area contributed by atoms with Crippen LogP contribution in [0.25, 0.3) is 12.2 Å². The van der Waals surface area contributed by atoms with E-state index in [4.69, 9.17) is 0 Å². The number of fused-ring (bicyclic) bond motifs is 1. The molecular weight excluding hydrogens is 406 g/mol. The Bertz CT molecular complexity index is 1080. The Morgan fingerprint density at radius 2 is 2.08 bits per heavy atom. The van der Waals surface area contributed by atoms with Crippen LogP contribution in [0.4, 0.5) is 5.69 Å². The van der Waals surface area contributed by atoms with Crippen LogP contribution in [0.2, 0.25) is 0 Å². The fraction of sp³-hybridized carbons (Fsp3) is 0. The predicted octanol–water partition coefficient (Wildman–Crippen LogP) is 3.15. The summed E-state index contributed by atoms with van der Waals surface area (Å²) < 4.78 is 24.3. The third-order valence-electron chi connectivity index (χ3n) is 3.40. The fourth-order valence-corrected chi connectivity index (χ4v) is 3.82. The smallest absolute Gasteiger partial charge is 0.266 e. The van der Waals surface area contributed by atoms with Gasteiger partial charge in [0.15, 0.2) is 0 Å². The quantitative estimate of drug-likeness (QED) is 0.471. The van der Waals surface area contributed by atoms with Crippen LogP contribution in [-0.2, 0) is 14.6 Å². The summed E-state index contributed by atoms with van der Waals surface area (Å²) in [5, 5.41) is 12.9. The number of nitrogens with zero attached hydrogens (tertiary/aromatic N) is 2. The normalized spacial score (nSPS) is 14.6. The number of sulfone groups is 1. The maximum absolute atomic E-state index is 12.3. The van der Waals surface area contributed by atoms with Gasteiger partial charge in [0.1, 0.15) is 16.2 Å². The Labute approximate surface area is 152 Å². The van der Waals surface area contributed by atoms with E-state index in [-0.39, 0.29) is 10.5 Å². The number of benzene rings is 1. The standard InChI is InChI=1S/C17H10BrN3O3S/c18-16-3-1-2-13(20-16)8-12(10-19)17(22)21-14-5-4-11-6-7-25(23,24)15(11)9-14/h1-9H,(H,21,22). The summed E-state index contributed by atoms with van der Waals surface area (Å²) in [4.78, 5) is 16.6. The molecule has 0 saturated heterocycles. The average Bonchev–Trinajstić information content (AvgIpc) is 2.87. The zero-order valence-corrected chi connectivity index (χ0v) is 15.0. The lowest BCUT2D eigenvalue weighted by Crippen LogP contribution is -2.14. The van der Waals surface area contributed by atoms with E-state index in [1.165, 1.54) is 18.2 Å². The molecule has 1 N–H and O–H groups in total. The Morgan fingerprint density at radius 1 is 1.28 bits per heavy atom. The maximum atomic E-state index is 12.3. The van der Waals surface area contributed by atoms with Crippen LogP contribution in [0.5, 0.6) is 0 Å². The summed E-state index contributed by atoms with van der Waals surface area (Å²) in [6, 6.07) is 11.5. The Morgan fingerprint density at radius 3 is 2.80 bits per heavy atom. The second kappa shape index (κ2) is 6.63. The van der Waals surface area contributed by atoms with Crippen LogP contribution in [-0.4, -0.2) is 19.3 Å². The van der Waals surface area contributed by atoms with Gasteiger partial charge in [0, 0.05) is 11.1 Å². The molecule has 1 amide bonds. The van der Waals surface area contributed by atoms with Crippen molar-refractivity contribution in [2.75, 3.05) is 5.32 Å². The SMILES string of the molecule is N#CC(=Cc1cccc(Br)n1)C(=O)Nc1ccc2c(c1)S(=O)(=O)C=C2. The first-order valence-electron chi connectivity index (χ1n) is 7.02. The van der Waals surface area contributed by atoms with Gasteiger partial charge in [-0.2, -0.15) is 5.26 Å². The van der Waals surface area contributed by atoms with Gasteiger partial charge in [-0.1, -0.05) is 12.1 Å². The van der Waals surface area contributed by atoms with Crippen molar-refractivity contribution in [3.05, 3.63) is 63.2 Å². The van der Waals surface area contributed by atoms with Gasteiger partial charge in [0.2, 0.25) is 9.84 Å². The summed E-state index contributed by atoms with van der Waals surface area (Å²) in [6.07, 6.45) is 2.85. The zero-order valence-electron chi connectivity index (χ0n) is 12.6. The number of carbonyl (C=O) groups excluding carboxylic acids is 1. The topological polar surface area (TPSA) is 99.9 Å². The van der Waals surface area contributed by atoms with Crippen molar-refractivity contribution >= 4 is 49.5 Å². The number of hydrogen-bond acceptors (Lipinski definition) is 5. The van der Waals surface area contributed by atoms with Gasteiger partial charge in [-0.25, -0.2) is 13.4 Å². The predicted molar refractivity (Wildman–Crippen MR) is 96.8 cm³/mol. The fourth-order valence-electron chi connectivity index (χ4n) is 2.23. The van der Waals surface area contributed by atoms with Gasteiger partial charge in [0.25, 0.3) is 5.91 Å². The number of anilines is 1. The van der Waals surface area contributed by atoms with Crippen molar-refractivity contribution in [2.45, 2.75) is 4.90 Å². The number of hydrogen-bond donors (Lipinski definition) is 1. The number of aromatic nitrogens is 1. The van der Waals surface area contributed by atoms with Gasteiger partial charge in [-0.05, 0) is 57.9 Å². The average molecular weight is 416 g/mol. The van der Waals surface area contributed by atoms with E-state index >= 15 is 0 Å². The Kier molecular flexibility index (Phi) is 4.53. The molecule has 0 radical (unpaired) electrons. The molecule has 124 valence electrons. The summed E-state index contributed by atoms with van der Waals surface area (Å²) >= 11 is 3.22. The molecule has 1 aliphatic heterocycles. The Hall–Kier alpha value is -2.76. The number of nitrogens with one attached hydrogen (secondary N) is 1. The summed E-state index contributed by atoms with van der Waals surface area (Å²) in [5.41, 5.74) is 1.15. The zero-order chi connectivity index (χ0) is 18.0. The van der Waals surface area contributed by atoms with Gasteiger partial charge in [-0.3, -0.25) is 4.79 Å². The molecular formula is C17H10BrN3O3S. The van der Waals surface area contributed by atoms with E-state index in [1.54, 1.807) is 30.3 Å². The molecule has 8 heteroatoms. The van der Waals surface area contributed by atoms with Crippen molar-refractivity contribution in [3.63, 3.8) is 0 Å². The molecule has 25 heavy (non-hydrogen) atoms. The van der Waals surface area contributed by atoms with Crippen molar-refractivity contribution in [1.29, 1.82) is 5.26 Å². The molecule has 0 atom stereocenters. The van der Waals surface area contributed by atoms with Crippen LogP contribution in [0.3, 0.4) is 0 Å². The lowest BCUT2D eigenvalue weighted by molar-refractivity contribution is -0.112. The molecule has 0 spiro atoms. The number of amides is 1. The summed E-state index contributed by atoms with van der Waals surface area (Å²) in [5.74, 6) is -0.646. The summed E-state index contributed by atoms with van der Waals surface area (Å²) in [7, 11) is -3.47. The first-order valence-corrected chi connectivity index (χ1v) is 9.36. The molecule has 0 saturated carbocycles. The highest BCUT2D eigenvalue weighted by Crippen LogP contribution is 2.29. The van der Waals surface area contributed by atoms with Crippen LogP contribution in [0, 0.1) is 11.3 Å². The summed E-state index contributed by atoms with van der Waals surface area (Å²) in [6.45, 7) is 0. The van der Waals surface area contributed by atoms with Crippen LogP contribution >= 0.6 is 15.9 Å². The third-order valence-corrected chi connectivity index (χ3v) is 5.30. The lowest BCUT2D eigenvalue weighted by atomic mass is 10.2. The molecule has 2 aromatic rings. The van der Waals surface area contributed by atoms with Gasteiger partial charge in [-0.15, -0.1) is 0 Å². The van der Waals surface area contributed by atoms with E-state index in [9.17, 15) is 18.5 Å². The van der Waals surface area contributed by atoms with Crippen molar-refractivity contribution in [1.82, 2.24) is 4.98 Å². The van der Waals surface area contributed by atoms with Crippen molar-refractivity contribution < 1.29 is 13.2 Å². The molecule has 2 heterocycles. The van der Waals surface area contributed by atoms with E-state index < -0.39 is 15.7 Å². The second-order valence-electron chi connectivity index (χ2n) is 5.11. The molecule has 0 bridgehead atoms. The van der Waals surface area contributed by atoms with E-state index in [2.05, 4.69) is 26.2 Å². The van der Waals surface area contributed by atoms with Crippen molar-refractivity contribution in [3.8, 4) is 6.07 Å². The number of nitriles is 1. The monoisotopic (exact) mass is 415 g/mol. The lowest BCUT2D eigenvalue weighted by Gasteiger charge is -2.06. The van der Waals surface area contributed by atoms with Crippen molar-refractivity contribution in [2.24, 2.45) is 0 Å². The highest BCUT2D eigenvalue weighted by atomic mass is 79.9.